The van der Waals surface area contributed by atoms with Gasteiger partial charge in [0.15, 0.2) is 0 Å². The maximum absolute atomic E-state index is 12.7. The zero-order valence-electron chi connectivity index (χ0n) is 16.5. The van der Waals surface area contributed by atoms with E-state index in [1.54, 1.807) is 0 Å². The predicted octanol–water partition coefficient (Wildman–Crippen LogP) is 2.45. The van der Waals surface area contributed by atoms with Crippen LogP contribution in [0.1, 0.15) is 39.9 Å². The Morgan fingerprint density at radius 2 is 1.90 bits per heavy atom. The number of nitrogens with zero attached hydrogens (tertiary/aromatic N) is 1. The molecule has 0 unspecified atom stereocenters. The molecule has 2 aliphatic rings. The van der Waals surface area contributed by atoms with Gasteiger partial charge in [-0.15, -0.1) is 0 Å². The van der Waals surface area contributed by atoms with E-state index in [4.69, 9.17) is 0 Å². The molecule has 3 amide bonds. The van der Waals surface area contributed by atoms with Gasteiger partial charge in [0.25, 0.3) is 5.91 Å². The fourth-order valence-corrected chi connectivity index (χ4v) is 4.02. The minimum atomic E-state index is -0.0481. The molecule has 1 saturated heterocycles. The van der Waals surface area contributed by atoms with E-state index in [1.165, 1.54) is 0 Å². The number of carbonyl (C=O) groups excluding carboxylic acids is 3. The van der Waals surface area contributed by atoms with Crippen LogP contribution in [0.25, 0.3) is 0 Å². The van der Waals surface area contributed by atoms with E-state index >= 15 is 0 Å². The molecule has 0 saturated carbocycles. The maximum atomic E-state index is 12.7. The highest BCUT2D eigenvalue weighted by Gasteiger charge is 2.25. The number of hydrogen-bond acceptors (Lipinski definition) is 3. The Kier molecular flexibility index (Phi) is 5.34. The van der Waals surface area contributed by atoms with Crippen molar-refractivity contribution in [3.05, 3.63) is 64.7 Å². The summed E-state index contributed by atoms with van der Waals surface area (Å²) in [7, 11) is 0. The molecule has 2 aromatic rings. The van der Waals surface area contributed by atoms with Gasteiger partial charge in [0.1, 0.15) is 0 Å². The third kappa shape index (κ3) is 4.31. The molecule has 6 heteroatoms. The first kappa shape index (κ1) is 19.2. The molecule has 4 rings (SSSR count). The summed E-state index contributed by atoms with van der Waals surface area (Å²) in [5, 5.41) is 5.93. The molecule has 150 valence electrons. The number of piperidine rings is 1. The number of benzene rings is 2. The van der Waals surface area contributed by atoms with Crippen LogP contribution in [0.4, 0.5) is 5.69 Å². The van der Waals surface area contributed by atoms with Crippen molar-refractivity contribution in [1.29, 1.82) is 0 Å². The van der Waals surface area contributed by atoms with Crippen LogP contribution < -0.4 is 10.6 Å². The highest BCUT2D eigenvalue weighted by molar-refractivity contribution is 5.99. The molecule has 2 aromatic carbocycles. The molecule has 2 heterocycles. The summed E-state index contributed by atoms with van der Waals surface area (Å²) in [5.41, 5.74) is 4.37. The minimum absolute atomic E-state index is 0.00158. The summed E-state index contributed by atoms with van der Waals surface area (Å²) in [5.74, 6) is 0.0318. The van der Waals surface area contributed by atoms with Gasteiger partial charge in [-0.1, -0.05) is 30.3 Å². The molecule has 0 aromatic heterocycles. The second-order valence-electron chi connectivity index (χ2n) is 7.84. The maximum Gasteiger partial charge on any atom is 0.251 e. The number of likely N-dealkylation sites (tertiary alicyclic amines) is 1. The fourth-order valence-electron chi connectivity index (χ4n) is 4.02. The van der Waals surface area contributed by atoms with Crippen molar-refractivity contribution in [3.8, 4) is 0 Å². The van der Waals surface area contributed by atoms with Crippen LogP contribution in [-0.4, -0.2) is 41.8 Å². The molecule has 0 radical (unpaired) electrons. The number of nitrogens with one attached hydrogen (secondary N) is 2. The third-order valence-corrected chi connectivity index (χ3v) is 5.73. The Balaban J connectivity index is 1.29. The van der Waals surface area contributed by atoms with E-state index in [0.29, 0.717) is 31.5 Å². The fraction of sp³-hybridized carbons (Fsp3) is 0.348. The van der Waals surface area contributed by atoms with Gasteiger partial charge in [0, 0.05) is 30.4 Å². The Morgan fingerprint density at radius 3 is 2.66 bits per heavy atom. The number of fused-ring (bicyclic) bond motifs is 1. The van der Waals surface area contributed by atoms with Gasteiger partial charge in [-0.05, 0) is 48.6 Å². The van der Waals surface area contributed by atoms with Crippen LogP contribution >= 0.6 is 0 Å². The molecule has 1 fully saturated rings. The van der Waals surface area contributed by atoms with Crippen molar-refractivity contribution in [2.24, 2.45) is 0 Å². The lowest BCUT2D eigenvalue weighted by Gasteiger charge is -2.32. The summed E-state index contributed by atoms with van der Waals surface area (Å²) in [6.45, 7) is 3.21. The van der Waals surface area contributed by atoms with Crippen molar-refractivity contribution in [3.63, 3.8) is 0 Å². The van der Waals surface area contributed by atoms with Gasteiger partial charge in [-0.3, -0.25) is 14.4 Å². The van der Waals surface area contributed by atoms with E-state index < -0.39 is 0 Å². The summed E-state index contributed by atoms with van der Waals surface area (Å²) >= 11 is 0. The topological polar surface area (TPSA) is 78.5 Å². The standard InChI is InChI=1S/C23H25N3O3/c1-15-4-2-3-5-19(15)23(29)24-18-8-10-26(11-9-18)22(28)13-16-6-7-17-14-21(27)25-20(17)12-16/h2-7,12,18H,8-11,13-14H2,1H3,(H,24,29)(H,25,27). The van der Waals surface area contributed by atoms with E-state index in [1.807, 2.05) is 54.3 Å². The molecule has 0 aliphatic carbocycles. The highest BCUT2D eigenvalue weighted by Crippen LogP contribution is 2.24. The monoisotopic (exact) mass is 391 g/mol. The lowest BCUT2D eigenvalue weighted by Crippen LogP contribution is -2.47. The van der Waals surface area contributed by atoms with Gasteiger partial charge in [-0.2, -0.15) is 0 Å². The smallest absolute Gasteiger partial charge is 0.251 e. The zero-order valence-corrected chi connectivity index (χ0v) is 16.5. The van der Waals surface area contributed by atoms with E-state index in [0.717, 1.165) is 35.2 Å². The largest absolute Gasteiger partial charge is 0.349 e. The van der Waals surface area contributed by atoms with E-state index in [9.17, 15) is 14.4 Å². The summed E-state index contributed by atoms with van der Waals surface area (Å²) in [6.07, 6.45) is 2.24. The SMILES string of the molecule is Cc1ccccc1C(=O)NC1CCN(C(=O)Cc2ccc3c(c2)NC(=O)C3)CC1. The predicted molar refractivity (Wildman–Crippen MR) is 111 cm³/mol. The van der Waals surface area contributed by atoms with Gasteiger partial charge in [0.2, 0.25) is 11.8 Å². The Labute approximate surface area is 170 Å². The van der Waals surface area contributed by atoms with Crippen LogP contribution in [0.2, 0.25) is 0 Å². The number of rotatable bonds is 4. The molecule has 0 bridgehead atoms. The number of carbonyl (C=O) groups is 3. The van der Waals surface area contributed by atoms with Crippen molar-refractivity contribution >= 4 is 23.4 Å². The lowest BCUT2D eigenvalue weighted by atomic mass is 10.0. The summed E-state index contributed by atoms with van der Waals surface area (Å²) in [4.78, 5) is 38.5. The number of hydrogen-bond donors (Lipinski definition) is 2. The quantitative estimate of drug-likeness (QED) is 0.840. The second kappa shape index (κ2) is 8.07. The van der Waals surface area contributed by atoms with Crippen LogP contribution in [0.3, 0.4) is 0 Å². The van der Waals surface area contributed by atoms with Gasteiger partial charge in [0.05, 0.1) is 12.8 Å². The molecule has 6 nitrogen and oxygen atoms in total. The molecular formula is C23H25N3O3. The minimum Gasteiger partial charge on any atom is -0.349 e. The highest BCUT2D eigenvalue weighted by atomic mass is 16.2. The third-order valence-electron chi connectivity index (χ3n) is 5.73. The van der Waals surface area contributed by atoms with E-state index in [-0.39, 0.29) is 23.8 Å². The van der Waals surface area contributed by atoms with Crippen LogP contribution in [0.15, 0.2) is 42.5 Å². The van der Waals surface area contributed by atoms with Crippen LogP contribution in [0.5, 0.6) is 0 Å². The van der Waals surface area contributed by atoms with Crippen molar-refractivity contribution in [1.82, 2.24) is 10.2 Å². The van der Waals surface area contributed by atoms with Crippen LogP contribution in [-0.2, 0) is 22.4 Å². The average Bonchev–Trinajstić information content (AvgIpc) is 3.08. The Morgan fingerprint density at radius 1 is 1.14 bits per heavy atom. The molecular weight excluding hydrogens is 366 g/mol. The first-order chi connectivity index (χ1) is 14.0. The van der Waals surface area contributed by atoms with E-state index in [2.05, 4.69) is 10.6 Å². The summed E-state index contributed by atoms with van der Waals surface area (Å²) < 4.78 is 0. The van der Waals surface area contributed by atoms with Gasteiger partial charge in [-0.25, -0.2) is 0 Å². The van der Waals surface area contributed by atoms with Gasteiger partial charge < -0.3 is 15.5 Å². The molecule has 29 heavy (non-hydrogen) atoms. The Hall–Kier alpha value is -3.15. The zero-order chi connectivity index (χ0) is 20.4. The molecule has 2 N–H and O–H groups in total. The Bertz CT molecular complexity index is 962. The first-order valence-electron chi connectivity index (χ1n) is 10.1. The summed E-state index contributed by atoms with van der Waals surface area (Å²) in [6, 6.07) is 13.4. The first-order valence-corrected chi connectivity index (χ1v) is 10.1. The number of aryl methyl sites for hydroxylation is 1. The average molecular weight is 391 g/mol. The van der Waals surface area contributed by atoms with Crippen LogP contribution in [0, 0.1) is 6.92 Å². The van der Waals surface area contributed by atoms with Crippen molar-refractivity contribution < 1.29 is 14.4 Å². The normalized spacial score (nSPS) is 16.3. The lowest BCUT2D eigenvalue weighted by molar-refractivity contribution is -0.131. The molecule has 2 aliphatic heterocycles. The number of anilines is 1. The van der Waals surface area contributed by atoms with Crippen molar-refractivity contribution in [2.45, 2.75) is 38.6 Å². The van der Waals surface area contributed by atoms with Gasteiger partial charge >= 0.3 is 0 Å². The molecule has 0 spiro atoms. The number of amides is 3. The molecule has 0 atom stereocenters. The van der Waals surface area contributed by atoms with Crippen molar-refractivity contribution in [2.75, 3.05) is 18.4 Å². The second-order valence-corrected chi connectivity index (χ2v) is 7.84.